The maximum atomic E-state index is 13.7. The van der Waals surface area contributed by atoms with Crippen LogP contribution in [-0.4, -0.2) is 37.6 Å². The number of nitrogens with one attached hydrogen (secondary N) is 1. The van der Waals surface area contributed by atoms with E-state index in [1.54, 1.807) is 13.0 Å². The van der Waals surface area contributed by atoms with E-state index in [4.69, 9.17) is 0 Å². The van der Waals surface area contributed by atoms with Gasteiger partial charge < -0.3 is 5.11 Å². The van der Waals surface area contributed by atoms with Crippen LogP contribution in [0.1, 0.15) is 58.8 Å². The summed E-state index contributed by atoms with van der Waals surface area (Å²) >= 11 is 0. The number of halogens is 1. The molecule has 182 valence electrons. The number of fused-ring (bicyclic) bond motifs is 5. The maximum Gasteiger partial charge on any atom is 0.328 e. The molecule has 0 radical (unpaired) electrons. The second-order valence-corrected chi connectivity index (χ2v) is 11.1. The fourth-order valence-electron chi connectivity index (χ4n) is 7.73. The lowest BCUT2D eigenvalue weighted by molar-refractivity contribution is -0.169. The van der Waals surface area contributed by atoms with Crippen LogP contribution in [0.3, 0.4) is 0 Å². The second-order valence-electron chi connectivity index (χ2n) is 11.1. The Hall–Kier alpha value is -2.68. The summed E-state index contributed by atoms with van der Waals surface area (Å²) in [5, 5.41) is 11.7. The standard InChI is InChI=1S/C25H29FN2O6/c1-23-7-5-14(29)9-13(23)3-4-15-16-6-8-25(34,24(16,2)10-18(30)20(15)23)19(31)12-28-11-17(26)21(32)27-22(28)33/h9,11,15-16,20,34H,3-8,10,12H2,1-2H3,(H,27,32,33)/t15-,16-,20+,23-,24-,25-/m0/s1. The number of H-pyrrole nitrogens is 1. The van der Waals surface area contributed by atoms with Crippen molar-refractivity contribution >= 4 is 17.3 Å². The molecular formula is C25H29FN2O6. The summed E-state index contributed by atoms with van der Waals surface area (Å²) in [6.07, 6.45) is 5.64. The summed E-state index contributed by atoms with van der Waals surface area (Å²) in [4.78, 5) is 64.2. The van der Waals surface area contributed by atoms with Crippen LogP contribution in [0.4, 0.5) is 4.39 Å². The molecule has 0 aromatic carbocycles. The number of rotatable bonds is 3. The average Bonchev–Trinajstić information content (AvgIpc) is 3.03. The fraction of sp³-hybridized carbons (Fsp3) is 0.640. The number of aliphatic hydroxyl groups is 1. The van der Waals surface area contributed by atoms with Crippen molar-refractivity contribution in [3.8, 4) is 0 Å². The lowest BCUT2D eigenvalue weighted by Crippen LogP contribution is -2.61. The van der Waals surface area contributed by atoms with Gasteiger partial charge in [-0.2, -0.15) is 4.39 Å². The Balaban J connectivity index is 1.47. The zero-order valence-electron chi connectivity index (χ0n) is 19.4. The molecule has 1 heterocycles. The summed E-state index contributed by atoms with van der Waals surface area (Å²) in [5.74, 6) is -2.06. The number of allylic oxidation sites excluding steroid dienone is 1. The number of hydrogen-bond acceptors (Lipinski definition) is 6. The summed E-state index contributed by atoms with van der Waals surface area (Å²) in [6.45, 7) is 3.26. The highest BCUT2D eigenvalue weighted by Gasteiger charge is 2.68. The summed E-state index contributed by atoms with van der Waals surface area (Å²) < 4.78 is 14.5. The van der Waals surface area contributed by atoms with Gasteiger partial charge in [0.05, 0.1) is 12.7 Å². The van der Waals surface area contributed by atoms with Crippen molar-refractivity contribution in [1.29, 1.82) is 0 Å². The Morgan fingerprint density at radius 2 is 1.91 bits per heavy atom. The lowest BCUT2D eigenvalue weighted by Gasteiger charge is -2.57. The number of carbonyl (C=O) groups is 3. The van der Waals surface area contributed by atoms with Crippen molar-refractivity contribution < 1.29 is 23.9 Å². The van der Waals surface area contributed by atoms with Gasteiger partial charge in [0.2, 0.25) is 5.82 Å². The second kappa shape index (κ2) is 7.41. The van der Waals surface area contributed by atoms with Gasteiger partial charge in [0.25, 0.3) is 5.56 Å². The largest absolute Gasteiger partial charge is 0.381 e. The average molecular weight is 473 g/mol. The number of aromatic nitrogens is 2. The van der Waals surface area contributed by atoms with Crippen LogP contribution in [0.25, 0.3) is 0 Å². The smallest absolute Gasteiger partial charge is 0.328 e. The number of hydrogen-bond donors (Lipinski definition) is 2. The molecule has 0 saturated heterocycles. The lowest BCUT2D eigenvalue weighted by atomic mass is 9.46. The van der Waals surface area contributed by atoms with E-state index < -0.39 is 40.4 Å². The monoisotopic (exact) mass is 472 g/mol. The number of Topliss-reactive ketones (excluding diaryl/α,β-unsaturated/α-hetero) is 2. The molecule has 0 bridgehead atoms. The van der Waals surface area contributed by atoms with E-state index in [1.165, 1.54) is 0 Å². The predicted octanol–water partition coefficient (Wildman–Crippen LogP) is 1.69. The Morgan fingerprint density at radius 3 is 2.65 bits per heavy atom. The molecule has 6 atom stereocenters. The molecule has 34 heavy (non-hydrogen) atoms. The van der Waals surface area contributed by atoms with E-state index in [0.29, 0.717) is 25.5 Å². The first-order chi connectivity index (χ1) is 15.9. The van der Waals surface area contributed by atoms with Crippen LogP contribution in [0.2, 0.25) is 0 Å². The number of nitrogens with zero attached hydrogens (tertiary/aromatic N) is 1. The molecule has 3 saturated carbocycles. The molecule has 3 fully saturated rings. The van der Waals surface area contributed by atoms with Crippen LogP contribution in [0, 0.1) is 34.4 Å². The molecule has 0 amide bonds. The number of aromatic amines is 1. The first kappa shape index (κ1) is 23.1. The minimum Gasteiger partial charge on any atom is -0.381 e. The molecule has 0 spiro atoms. The first-order valence-electron chi connectivity index (χ1n) is 11.9. The van der Waals surface area contributed by atoms with Crippen molar-refractivity contribution in [2.45, 2.75) is 70.9 Å². The van der Waals surface area contributed by atoms with Crippen LogP contribution in [-0.2, 0) is 20.9 Å². The molecule has 2 N–H and O–H groups in total. The Bertz CT molecular complexity index is 1260. The fourth-order valence-corrected chi connectivity index (χ4v) is 7.73. The predicted molar refractivity (Wildman–Crippen MR) is 118 cm³/mol. The summed E-state index contributed by atoms with van der Waals surface area (Å²) in [6, 6.07) is 0. The maximum absolute atomic E-state index is 13.7. The molecule has 9 heteroatoms. The van der Waals surface area contributed by atoms with Crippen molar-refractivity contribution in [2.75, 3.05) is 0 Å². The summed E-state index contributed by atoms with van der Waals surface area (Å²) in [5.41, 5.74) is -4.29. The van der Waals surface area contributed by atoms with Gasteiger partial charge >= 0.3 is 5.69 Å². The molecule has 8 nitrogen and oxygen atoms in total. The van der Waals surface area contributed by atoms with Crippen LogP contribution >= 0.6 is 0 Å². The third kappa shape index (κ3) is 3.01. The Morgan fingerprint density at radius 1 is 1.18 bits per heavy atom. The quantitative estimate of drug-likeness (QED) is 0.689. The number of carbonyl (C=O) groups excluding carboxylic acids is 3. The van der Waals surface area contributed by atoms with Gasteiger partial charge in [-0.3, -0.25) is 28.7 Å². The van der Waals surface area contributed by atoms with E-state index in [2.05, 4.69) is 6.92 Å². The van der Waals surface area contributed by atoms with Gasteiger partial charge in [-0.1, -0.05) is 19.4 Å². The zero-order valence-corrected chi connectivity index (χ0v) is 19.4. The van der Waals surface area contributed by atoms with Gasteiger partial charge in [-0.05, 0) is 55.4 Å². The van der Waals surface area contributed by atoms with E-state index in [0.717, 1.165) is 23.0 Å². The zero-order chi connectivity index (χ0) is 24.6. The molecule has 4 aliphatic rings. The van der Waals surface area contributed by atoms with Gasteiger partial charge in [0.15, 0.2) is 11.6 Å². The molecule has 4 aliphatic carbocycles. The van der Waals surface area contributed by atoms with Crippen molar-refractivity contribution in [1.82, 2.24) is 9.55 Å². The topological polar surface area (TPSA) is 126 Å². The molecule has 1 aromatic rings. The van der Waals surface area contributed by atoms with E-state index >= 15 is 0 Å². The van der Waals surface area contributed by atoms with Crippen molar-refractivity contribution in [2.24, 2.45) is 28.6 Å². The van der Waals surface area contributed by atoms with Crippen LogP contribution in [0.5, 0.6) is 0 Å². The van der Waals surface area contributed by atoms with E-state index in [1.807, 2.05) is 4.98 Å². The molecule has 0 aliphatic heterocycles. The highest BCUT2D eigenvalue weighted by Crippen LogP contribution is 2.66. The third-order valence-electron chi connectivity index (χ3n) is 9.55. The van der Waals surface area contributed by atoms with Gasteiger partial charge in [0, 0.05) is 24.2 Å². The Kier molecular flexibility index (Phi) is 5.03. The molecular weight excluding hydrogens is 443 g/mol. The van der Waals surface area contributed by atoms with E-state index in [-0.39, 0.29) is 47.6 Å². The number of ketones is 3. The normalized spacial score (nSPS) is 39.2. The summed E-state index contributed by atoms with van der Waals surface area (Å²) in [7, 11) is 0. The first-order valence-corrected chi connectivity index (χ1v) is 11.9. The minimum absolute atomic E-state index is 0.00308. The molecule has 1 aromatic heterocycles. The van der Waals surface area contributed by atoms with Gasteiger partial charge in [-0.15, -0.1) is 0 Å². The van der Waals surface area contributed by atoms with Crippen molar-refractivity contribution in [3.63, 3.8) is 0 Å². The Labute approximate surface area is 195 Å². The minimum atomic E-state index is -1.84. The van der Waals surface area contributed by atoms with Gasteiger partial charge in [-0.25, -0.2) is 4.79 Å². The third-order valence-corrected chi connectivity index (χ3v) is 9.55. The van der Waals surface area contributed by atoms with Gasteiger partial charge in [0.1, 0.15) is 11.4 Å². The van der Waals surface area contributed by atoms with Crippen molar-refractivity contribution in [3.05, 3.63) is 44.5 Å². The SMILES string of the molecule is C[C@]12CCC(=O)C=C1CC[C@@H]1[C@@H]2C(=O)C[C@@]2(C)[C@H]1CC[C@]2(O)C(=O)Cn1cc(F)c(=O)[nH]c1=O. The van der Waals surface area contributed by atoms with E-state index in [9.17, 15) is 33.5 Å². The molecule has 0 unspecified atom stereocenters. The highest BCUT2D eigenvalue weighted by molar-refractivity contribution is 5.94. The van der Waals surface area contributed by atoms with Crippen LogP contribution in [0.15, 0.2) is 27.4 Å². The highest BCUT2D eigenvalue weighted by atomic mass is 19.1. The van der Waals surface area contributed by atoms with Crippen LogP contribution < -0.4 is 11.2 Å². The molecule has 5 rings (SSSR count).